The molecule has 200 valence electrons. The topological polar surface area (TPSA) is 92.9 Å². The van der Waals surface area contributed by atoms with Crippen LogP contribution in [0.3, 0.4) is 0 Å². The van der Waals surface area contributed by atoms with E-state index in [0.29, 0.717) is 56.1 Å². The van der Waals surface area contributed by atoms with E-state index in [4.69, 9.17) is 37.4 Å². The third-order valence-electron chi connectivity index (χ3n) is 8.10. The zero-order valence-electron chi connectivity index (χ0n) is 21.6. The number of hydrogen-bond acceptors (Lipinski definition) is 6. The molecule has 2 fully saturated rings. The fraction of sp³-hybridized carbons (Fsp3) is 0.556. The number of carbonyl (C=O) groups is 1. The van der Waals surface area contributed by atoms with Crippen LogP contribution in [-0.2, 0) is 11.3 Å². The van der Waals surface area contributed by atoms with Gasteiger partial charge in [0.15, 0.2) is 11.5 Å². The van der Waals surface area contributed by atoms with Crippen molar-refractivity contribution in [2.24, 2.45) is 5.92 Å². The summed E-state index contributed by atoms with van der Waals surface area (Å²) in [6.45, 7) is 7.52. The fourth-order valence-corrected chi connectivity index (χ4v) is 6.29. The zero-order valence-corrected chi connectivity index (χ0v) is 23.1. The molecule has 2 aromatic rings. The highest BCUT2D eigenvalue weighted by Gasteiger charge is 2.48. The summed E-state index contributed by atoms with van der Waals surface area (Å²) in [7, 11) is 1.77. The Bertz CT molecular complexity index is 1270. The smallest absolute Gasteiger partial charge is 0.254 e. The van der Waals surface area contributed by atoms with E-state index >= 15 is 0 Å². The Labute approximate surface area is 226 Å². The molecule has 1 aromatic heterocycles. The highest BCUT2D eigenvalue weighted by atomic mass is 35.5. The molecule has 1 atom stereocenters. The number of carbonyl (C=O) groups excluding carboxylic acids is 1. The van der Waals surface area contributed by atoms with Gasteiger partial charge in [0.25, 0.3) is 17.3 Å². The molecule has 0 spiro atoms. The summed E-state index contributed by atoms with van der Waals surface area (Å²) in [5, 5.41) is 3.41. The second kappa shape index (κ2) is 10.1. The highest BCUT2D eigenvalue weighted by molar-refractivity contribution is 6.33. The molecule has 2 N–H and O–H groups in total. The quantitative estimate of drug-likeness (QED) is 0.546. The highest BCUT2D eigenvalue weighted by Crippen LogP contribution is 2.51. The van der Waals surface area contributed by atoms with Gasteiger partial charge in [-0.15, -0.1) is 0 Å². The molecular weight excluding hydrogens is 517 g/mol. The van der Waals surface area contributed by atoms with E-state index in [2.05, 4.69) is 15.2 Å². The Morgan fingerprint density at radius 2 is 1.81 bits per heavy atom. The molecule has 8 nitrogen and oxygen atoms in total. The lowest BCUT2D eigenvalue weighted by atomic mass is 9.80. The number of aryl methyl sites for hydroxylation is 1. The predicted octanol–water partition coefficient (Wildman–Crippen LogP) is 4.61. The molecule has 37 heavy (non-hydrogen) atoms. The Kier molecular flexibility index (Phi) is 7.22. The maximum atomic E-state index is 13.1. The number of nitrogens with zero attached hydrogens (tertiary/aromatic N) is 1. The number of rotatable bonds is 6. The molecule has 3 heterocycles. The molecule has 2 aliphatic heterocycles. The van der Waals surface area contributed by atoms with E-state index < -0.39 is 5.79 Å². The van der Waals surface area contributed by atoms with Gasteiger partial charge >= 0.3 is 0 Å². The summed E-state index contributed by atoms with van der Waals surface area (Å²) >= 11 is 12.8. The van der Waals surface area contributed by atoms with E-state index in [-0.39, 0.29) is 23.9 Å². The van der Waals surface area contributed by atoms with Crippen molar-refractivity contribution in [3.63, 3.8) is 0 Å². The molecule has 10 heteroatoms. The number of H-pyrrole nitrogens is 1. The monoisotopic (exact) mass is 549 g/mol. The van der Waals surface area contributed by atoms with Crippen molar-refractivity contribution in [3.05, 3.63) is 54.9 Å². The average molecular weight is 550 g/mol. The van der Waals surface area contributed by atoms with Crippen molar-refractivity contribution >= 4 is 29.1 Å². The number of aromatic nitrogens is 1. The van der Waals surface area contributed by atoms with E-state index in [1.165, 1.54) is 0 Å². The zero-order chi connectivity index (χ0) is 26.5. The van der Waals surface area contributed by atoms with Crippen molar-refractivity contribution in [2.45, 2.75) is 70.9 Å². The van der Waals surface area contributed by atoms with Gasteiger partial charge in [-0.05, 0) is 51.7 Å². The summed E-state index contributed by atoms with van der Waals surface area (Å²) in [5.41, 5.74) is 1.63. The van der Waals surface area contributed by atoms with Crippen LogP contribution >= 0.6 is 23.2 Å². The number of aromatic amines is 1. The number of ether oxygens (including phenoxy) is 3. The number of hydrogen-bond donors (Lipinski definition) is 2. The summed E-state index contributed by atoms with van der Waals surface area (Å²) in [6, 6.07) is 3.82. The number of halogens is 2. The number of pyridine rings is 1. The molecule has 3 aliphatic rings. The van der Waals surface area contributed by atoms with Gasteiger partial charge in [-0.3, -0.25) is 14.5 Å². The van der Waals surface area contributed by atoms with Crippen molar-refractivity contribution in [1.82, 2.24) is 15.2 Å². The molecule has 1 amide bonds. The summed E-state index contributed by atoms with van der Waals surface area (Å²) in [4.78, 5) is 30.5. The number of methoxy groups -OCH3 is 1. The minimum Gasteiger partial charge on any atom is -0.448 e. The third-order valence-corrected chi connectivity index (χ3v) is 8.72. The van der Waals surface area contributed by atoms with Crippen molar-refractivity contribution in [2.75, 3.05) is 20.2 Å². The molecule has 1 unspecified atom stereocenters. The Balaban J connectivity index is 1.27. The minimum absolute atomic E-state index is 0.0120. The van der Waals surface area contributed by atoms with E-state index in [1.54, 1.807) is 26.2 Å². The van der Waals surface area contributed by atoms with Crippen LogP contribution in [0.2, 0.25) is 10.0 Å². The van der Waals surface area contributed by atoms with Crippen LogP contribution in [0.5, 0.6) is 11.5 Å². The summed E-state index contributed by atoms with van der Waals surface area (Å²) in [6.07, 6.45) is 4.50. The Morgan fingerprint density at radius 3 is 2.46 bits per heavy atom. The van der Waals surface area contributed by atoms with Crippen LogP contribution in [-0.4, -0.2) is 53.9 Å². The van der Waals surface area contributed by atoms with Crippen LogP contribution in [0.15, 0.2) is 16.9 Å². The van der Waals surface area contributed by atoms with Crippen molar-refractivity contribution in [1.29, 1.82) is 0 Å². The molecule has 1 aromatic carbocycles. The summed E-state index contributed by atoms with van der Waals surface area (Å²) < 4.78 is 18.2. The molecular formula is C27H33Cl2N3O5. The van der Waals surface area contributed by atoms with Gasteiger partial charge in [-0.25, -0.2) is 0 Å². The first-order valence-corrected chi connectivity index (χ1v) is 13.5. The molecule has 5 rings (SSSR count). The molecule has 0 radical (unpaired) electrons. The average Bonchev–Trinajstić information content (AvgIpc) is 3.20. The van der Waals surface area contributed by atoms with Gasteiger partial charge in [0.05, 0.1) is 28.3 Å². The SMILES string of the molecule is COC1CN(C2CCC(C3(C)Oc4c(Cl)cc(C(=O)NCc5c(Cl)cc(C)[nH]c5=O)c(C)c4O3)CC2)C1. The Morgan fingerprint density at radius 1 is 1.14 bits per heavy atom. The fourth-order valence-electron chi connectivity index (χ4n) is 5.74. The van der Waals surface area contributed by atoms with Gasteiger partial charge in [0, 0.05) is 55.9 Å². The lowest BCUT2D eigenvalue weighted by Crippen LogP contribution is -2.57. The molecule has 1 saturated carbocycles. The van der Waals surface area contributed by atoms with Crippen LogP contribution < -0.4 is 20.3 Å². The van der Waals surface area contributed by atoms with Crippen molar-refractivity contribution < 1.29 is 19.0 Å². The number of fused-ring (bicyclic) bond motifs is 1. The van der Waals surface area contributed by atoms with Crippen LogP contribution in [0.25, 0.3) is 0 Å². The Hall–Kier alpha value is -2.26. The van der Waals surface area contributed by atoms with Crippen LogP contribution in [0.4, 0.5) is 0 Å². The van der Waals surface area contributed by atoms with Crippen molar-refractivity contribution in [3.8, 4) is 11.5 Å². The second-order valence-electron chi connectivity index (χ2n) is 10.5. The van der Waals surface area contributed by atoms with E-state index in [1.807, 2.05) is 13.8 Å². The molecule has 1 saturated heterocycles. The maximum Gasteiger partial charge on any atom is 0.254 e. The van der Waals surface area contributed by atoms with E-state index in [9.17, 15) is 9.59 Å². The third kappa shape index (κ3) is 4.97. The van der Waals surface area contributed by atoms with Gasteiger partial charge in [0.2, 0.25) is 0 Å². The number of nitrogens with one attached hydrogen (secondary N) is 2. The first kappa shape index (κ1) is 26.4. The predicted molar refractivity (Wildman–Crippen MR) is 142 cm³/mol. The largest absolute Gasteiger partial charge is 0.448 e. The van der Waals surface area contributed by atoms with Gasteiger partial charge < -0.3 is 24.5 Å². The number of likely N-dealkylation sites (tertiary alicyclic amines) is 1. The lowest BCUT2D eigenvalue weighted by Gasteiger charge is -2.47. The van der Waals surface area contributed by atoms with Gasteiger partial charge in [-0.1, -0.05) is 23.2 Å². The van der Waals surface area contributed by atoms with E-state index in [0.717, 1.165) is 38.8 Å². The summed E-state index contributed by atoms with van der Waals surface area (Å²) in [5.74, 6) is -0.0364. The minimum atomic E-state index is -0.844. The first-order chi connectivity index (χ1) is 17.6. The normalized spacial score (nSPS) is 25.7. The molecule has 0 bridgehead atoms. The number of benzene rings is 1. The lowest BCUT2D eigenvalue weighted by molar-refractivity contribution is -0.130. The molecule has 1 aliphatic carbocycles. The number of amides is 1. The first-order valence-electron chi connectivity index (χ1n) is 12.7. The second-order valence-corrected chi connectivity index (χ2v) is 11.3. The maximum absolute atomic E-state index is 13.1. The standard InChI is InChI=1S/C27H33Cl2N3O5/c1-14-9-21(28)20(26(34)31-14)11-30-25(33)19-10-22(29)24-23(15(19)2)36-27(3,37-24)16-5-7-17(8-6-16)32-12-18(13-32)35-4/h9-10,16-18H,5-8,11-13H2,1-4H3,(H,30,33)(H,31,34). The van der Waals surface area contributed by atoms with Gasteiger partial charge in [-0.2, -0.15) is 0 Å². The van der Waals surface area contributed by atoms with Crippen LogP contribution in [0, 0.1) is 19.8 Å². The van der Waals surface area contributed by atoms with Crippen LogP contribution in [0.1, 0.15) is 59.8 Å². The van der Waals surface area contributed by atoms with Gasteiger partial charge in [0.1, 0.15) is 0 Å².